The average molecular weight is 401 g/mol. The lowest BCUT2D eigenvalue weighted by Crippen LogP contribution is -2.20. The molecule has 9 nitrogen and oxygen atoms in total. The summed E-state index contributed by atoms with van der Waals surface area (Å²) in [7, 11) is 0. The topological polar surface area (TPSA) is 148 Å². The number of non-ortho nitro benzene ring substituents is 1. The number of primary amides is 1. The van der Waals surface area contributed by atoms with E-state index in [1.54, 1.807) is 6.07 Å². The number of halogens is 1. The Morgan fingerprint density at radius 1 is 1.32 bits per heavy atom. The lowest BCUT2D eigenvalue weighted by atomic mass is 10.1. The Morgan fingerprint density at radius 3 is 2.68 bits per heavy atom. The van der Waals surface area contributed by atoms with E-state index in [4.69, 9.17) is 22.1 Å². The van der Waals surface area contributed by atoms with E-state index in [1.165, 1.54) is 48.5 Å². The summed E-state index contributed by atoms with van der Waals surface area (Å²) < 4.78 is 5.11. The molecule has 0 heterocycles. The molecule has 2 aromatic carbocycles. The molecule has 3 N–H and O–H groups in total. The van der Waals surface area contributed by atoms with Crippen molar-refractivity contribution in [1.29, 1.82) is 5.26 Å². The number of carbonyl (C=O) groups excluding carboxylic acids is 2. The number of amides is 2. The molecule has 0 aliphatic carbocycles. The number of ether oxygens (including phenoxy) is 1. The Morgan fingerprint density at radius 2 is 2.07 bits per heavy atom. The van der Waals surface area contributed by atoms with E-state index >= 15 is 0 Å². The predicted octanol–water partition coefficient (Wildman–Crippen LogP) is 2.66. The third-order valence-corrected chi connectivity index (χ3v) is 3.61. The van der Waals surface area contributed by atoms with E-state index in [9.17, 15) is 25.0 Å². The third kappa shape index (κ3) is 5.55. The first-order valence-corrected chi connectivity index (χ1v) is 8.06. The first-order chi connectivity index (χ1) is 13.3. The van der Waals surface area contributed by atoms with Crippen LogP contribution >= 0.6 is 11.6 Å². The highest BCUT2D eigenvalue weighted by Gasteiger charge is 2.13. The number of anilines is 1. The van der Waals surface area contributed by atoms with Gasteiger partial charge in [-0.25, -0.2) is 0 Å². The molecule has 0 spiro atoms. The maximum atomic E-state index is 12.3. The molecule has 0 saturated heterocycles. The molecule has 0 radical (unpaired) electrons. The number of nitrogens with two attached hydrogens (primary N) is 1. The summed E-state index contributed by atoms with van der Waals surface area (Å²) in [6, 6.07) is 11.5. The van der Waals surface area contributed by atoms with Gasteiger partial charge in [0.05, 0.1) is 9.95 Å². The number of benzene rings is 2. The van der Waals surface area contributed by atoms with E-state index in [-0.39, 0.29) is 34.3 Å². The largest absolute Gasteiger partial charge is 0.482 e. The molecule has 0 aliphatic rings. The van der Waals surface area contributed by atoms with Crippen LogP contribution in [0, 0.1) is 21.4 Å². The van der Waals surface area contributed by atoms with E-state index in [0.717, 1.165) is 0 Å². The van der Waals surface area contributed by atoms with Gasteiger partial charge < -0.3 is 15.8 Å². The number of rotatable bonds is 7. The molecule has 0 fully saturated rings. The number of hydrogen-bond acceptors (Lipinski definition) is 6. The molecule has 2 aromatic rings. The molecular formula is C18H13ClN4O5. The zero-order valence-electron chi connectivity index (χ0n) is 14.2. The van der Waals surface area contributed by atoms with Crippen LogP contribution in [0.1, 0.15) is 5.56 Å². The standard InChI is InChI=1S/C18H13ClN4O5/c19-15-7-11(4-5-16(15)28-10-17(21)24)6-12(9-20)18(25)22-13-2-1-3-14(8-13)23(26)27/h1-8H,10H2,(H2,21,24)(H,22,25)/b12-6+. The number of nitrogens with zero attached hydrogens (tertiary/aromatic N) is 2. The highest BCUT2D eigenvalue weighted by Crippen LogP contribution is 2.26. The van der Waals surface area contributed by atoms with E-state index in [2.05, 4.69) is 5.32 Å². The summed E-state index contributed by atoms with van der Waals surface area (Å²) in [5.41, 5.74) is 5.16. The SMILES string of the molecule is N#C/C(=C\c1ccc(OCC(N)=O)c(Cl)c1)C(=O)Nc1cccc([N+](=O)[O-])c1. The van der Waals surface area contributed by atoms with Crippen LogP contribution in [0.25, 0.3) is 6.08 Å². The van der Waals surface area contributed by atoms with Crippen molar-refractivity contribution >= 4 is 40.9 Å². The predicted molar refractivity (Wildman–Crippen MR) is 101 cm³/mol. The van der Waals surface area contributed by atoms with Crippen LogP contribution in [0.3, 0.4) is 0 Å². The summed E-state index contributed by atoms with van der Waals surface area (Å²) in [5, 5.41) is 22.6. The normalized spacial score (nSPS) is 10.6. The molecule has 28 heavy (non-hydrogen) atoms. The summed E-state index contributed by atoms with van der Waals surface area (Å²) in [6.07, 6.45) is 1.29. The second kappa shape index (κ2) is 9.16. The van der Waals surface area contributed by atoms with Gasteiger partial charge in [0.15, 0.2) is 6.61 Å². The number of nitrogens with one attached hydrogen (secondary N) is 1. The molecule has 0 aromatic heterocycles. The van der Waals surface area contributed by atoms with Crippen LogP contribution in [-0.4, -0.2) is 23.3 Å². The first kappa shape index (κ1) is 20.4. The monoisotopic (exact) mass is 400 g/mol. The highest BCUT2D eigenvalue weighted by atomic mass is 35.5. The average Bonchev–Trinajstić information content (AvgIpc) is 2.65. The Kier molecular flexibility index (Phi) is 6.68. The molecule has 0 unspecified atom stereocenters. The molecule has 10 heteroatoms. The number of carbonyl (C=O) groups is 2. The van der Waals surface area contributed by atoms with Gasteiger partial charge in [0, 0.05) is 17.8 Å². The molecule has 2 rings (SSSR count). The summed E-state index contributed by atoms with van der Waals surface area (Å²) >= 11 is 6.04. The van der Waals surface area contributed by atoms with Crippen LogP contribution in [0.4, 0.5) is 11.4 Å². The molecule has 2 amide bonds. The Labute approximate surface area is 164 Å². The number of hydrogen-bond donors (Lipinski definition) is 2. The highest BCUT2D eigenvalue weighted by molar-refractivity contribution is 6.32. The fraction of sp³-hybridized carbons (Fsp3) is 0.0556. The molecule has 142 valence electrons. The van der Waals surface area contributed by atoms with Crippen molar-refractivity contribution in [3.63, 3.8) is 0 Å². The maximum Gasteiger partial charge on any atom is 0.271 e. The van der Waals surface area contributed by atoms with Crippen molar-refractivity contribution < 1.29 is 19.2 Å². The summed E-state index contributed by atoms with van der Waals surface area (Å²) in [5.74, 6) is -1.19. The van der Waals surface area contributed by atoms with Crippen molar-refractivity contribution in [3.8, 4) is 11.8 Å². The zero-order chi connectivity index (χ0) is 20.7. The van der Waals surface area contributed by atoms with Crippen molar-refractivity contribution in [1.82, 2.24) is 0 Å². The van der Waals surface area contributed by atoms with Crippen molar-refractivity contribution in [2.24, 2.45) is 5.73 Å². The summed E-state index contributed by atoms with van der Waals surface area (Å²) in [4.78, 5) is 33.2. The fourth-order valence-electron chi connectivity index (χ4n) is 2.08. The Bertz CT molecular complexity index is 1010. The number of nitro groups is 1. The van der Waals surface area contributed by atoms with Crippen molar-refractivity contribution in [3.05, 3.63) is 68.7 Å². The van der Waals surface area contributed by atoms with Gasteiger partial charge in [-0.05, 0) is 29.8 Å². The van der Waals surface area contributed by atoms with Gasteiger partial charge in [-0.3, -0.25) is 19.7 Å². The van der Waals surface area contributed by atoms with Crippen molar-refractivity contribution in [2.75, 3.05) is 11.9 Å². The van der Waals surface area contributed by atoms with E-state index in [0.29, 0.717) is 5.56 Å². The van der Waals surface area contributed by atoms with Gasteiger partial charge in [0.25, 0.3) is 17.5 Å². The third-order valence-electron chi connectivity index (χ3n) is 3.32. The summed E-state index contributed by atoms with van der Waals surface area (Å²) in [6.45, 7) is -0.343. The maximum absolute atomic E-state index is 12.3. The van der Waals surface area contributed by atoms with Crippen LogP contribution < -0.4 is 15.8 Å². The van der Waals surface area contributed by atoms with Crippen LogP contribution in [0.2, 0.25) is 5.02 Å². The van der Waals surface area contributed by atoms with Gasteiger partial charge in [-0.2, -0.15) is 5.26 Å². The Balaban J connectivity index is 2.19. The Hall–Kier alpha value is -3.90. The zero-order valence-corrected chi connectivity index (χ0v) is 15.0. The van der Waals surface area contributed by atoms with Crippen molar-refractivity contribution in [2.45, 2.75) is 0 Å². The van der Waals surface area contributed by atoms with E-state index in [1.807, 2.05) is 0 Å². The molecule has 0 atom stereocenters. The second-order valence-corrected chi connectivity index (χ2v) is 5.78. The molecular weight excluding hydrogens is 388 g/mol. The van der Waals surface area contributed by atoms with Gasteiger partial charge in [-0.1, -0.05) is 23.7 Å². The quantitative estimate of drug-likeness (QED) is 0.316. The molecule has 0 bridgehead atoms. The minimum Gasteiger partial charge on any atom is -0.482 e. The van der Waals surface area contributed by atoms with Crippen LogP contribution in [0.5, 0.6) is 5.75 Å². The van der Waals surface area contributed by atoms with Gasteiger partial charge in [0.1, 0.15) is 17.4 Å². The second-order valence-electron chi connectivity index (χ2n) is 5.38. The van der Waals surface area contributed by atoms with Gasteiger partial charge >= 0.3 is 0 Å². The van der Waals surface area contributed by atoms with Gasteiger partial charge in [-0.15, -0.1) is 0 Å². The number of nitro benzene ring substituents is 1. The minimum absolute atomic E-state index is 0.159. The lowest BCUT2D eigenvalue weighted by Gasteiger charge is -2.07. The van der Waals surface area contributed by atoms with E-state index < -0.39 is 16.7 Å². The van der Waals surface area contributed by atoms with Crippen LogP contribution in [0.15, 0.2) is 48.0 Å². The van der Waals surface area contributed by atoms with Gasteiger partial charge in [0.2, 0.25) is 0 Å². The molecule has 0 saturated carbocycles. The van der Waals surface area contributed by atoms with Crippen LogP contribution in [-0.2, 0) is 9.59 Å². The fourth-order valence-corrected chi connectivity index (χ4v) is 2.33. The minimum atomic E-state index is -0.742. The first-order valence-electron chi connectivity index (χ1n) is 7.68. The lowest BCUT2D eigenvalue weighted by molar-refractivity contribution is -0.384. The number of nitriles is 1. The smallest absolute Gasteiger partial charge is 0.271 e. The molecule has 0 aliphatic heterocycles.